The van der Waals surface area contributed by atoms with Crippen LogP contribution in [0.4, 0.5) is 10.1 Å². The highest BCUT2D eigenvalue weighted by atomic mass is 32.1. The van der Waals surface area contributed by atoms with Crippen LogP contribution in [0.1, 0.15) is 28.8 Å². The fourth-order valence-corrected chi connectivity index (χ4v) is 7.03. The molecule has 0 radical (unpaired) electrons. The van der Waals surface area contributed by atoms with Gasteiger partial charge >= 0.3 is 4.87 Å². The van der Waals surface area contributed by atoms with Gasteiger partial charge < -0.3 is 9.80 Å². The first-order valence-corrected chi connectivity index (χ1v) is 15.4. The van der Waals surface area contributed by atoms with Gasteiger partial charge in [-0.15, -0.1) is 0 Å². The number of likely N-dealkylation sites (tertiary alicyclic amines) is 1. The molecule has 0 unspecified atom stereocenters. The summed E-state index contributed by atoms with van der Waals surface area (Å²) >= 11 is 1.33. The molecule has 4 aromatic rings. The molecule has 9 heteroatoms. The molecule has 4 heterocycles. The van der Waals surface area contributed by atoms with Crippen molar-refractivity contribution >= 4 is 33.0 Å². The van der Waals surface area contributed by atoms with E-state index >= 15 is 0 Å². The SMILES string of the molecule is O=C(c1ccc(F)cc1)C1CCN(CCn2c(=O)sc3cc(CCN4CCN(c5cccnc5)CC4)ccc32)CC1. The molecule has 2 fully saturated rings. The molecule has 6 rings (SSSR count). The number of ketones is 1. The van der Waals surface area contributed by atoms with Crippen LogP contribution in [0, 0.1) is 11.7 Å². The lowest BCUT2D eigenvalue weighted by molar-refractivity contribution is 0.0837. The zero-order valence-electron chi connectivity index (χ0n) is 23.3. The van der Waals surface area contributed by atoms with E-state index in [4.69, 9.17) is 0 Å². The number of fused-ring (bicyclic) bond motifs is 1. The topological polar surface area (TPSA) is 61.7 Å². The van der Waals surface area contributed by atoms with Gasteiger partial charge in [-0.1, -0.05) is 17.4 Å². The van der Waals surface area contributed by atoms with E-state index in [1.807, 2.05) is 23.0 Å². The molecule has 0 amide bonds. The highest BCUT2D eigenvalue weighted by Crippen LogP contribution is 2.24. The predicted molar refractivity (Wildman–Crippen MR) is 163 cm³/mol. The Labute approximate surface area is 243 Å². The average molecular weight is 574 g/mol. The van der Waals surface area contributed by atoms with Gasteiger partial charge in [0.1, 0.15) is 5.82 Å². The van der Waals surface area contributed by atoms with Gasteiger partial charge in [-0.3, -0.25) is 24.0 Å². The van der Waals surface area contributed by atoms with Crippen LogP contribution in [0.2, 0.25) is 0 Å². The quantitative estimate of drug-likeness (QED) is 0.274. The number of thiazole rings is 1. The minimum atomic E-state index is -0.324. The van der Waals surface area contributed by atoms with Gasteiger partial charge in [0.05, 0.1) is 22.1 Å². The third-order valence-corrected chi connectivity index (χ3v) is 9.50. The Morgan fingerprint density at radius 2 is 1.66 bits per heavy atom. The maximum atomic E-state index is 13.2. The normalized spacial score (nSPS) is 17.3. The van der Waals surface area contributed by atoms with Crippen LogP contribution in [0.25, 0.3) is 10.2 Å². The van der Waals surface area contributed by atoms with E-state index in [0.29, 0.717) is 12.1 Å². The van der Waals surface area contributed by atoms with Gasteiger partial charge in [0.15, 0.2) is 5.78 Å². The molecule has 0 saturated carbocycles. The van der Waals surface area contributed by atoms with Crippen molar-refractivity contribution in [3.8, 4) is 0 Å². The number of aromatic nitrogens is 2. The van der Waals surface area contributed by atoms with E-state index in [9.17, 15) is 14.0 Å². The molecule has 0 N–H and O–H groups in total. The Kier molecular flexibility index (Phi) is 8.55. The lowest BCUT2D eigenvalue weighted by Crippen LogP contribution is -2.47. The Morgan fingerprint density at radius 3 is 2.39 bits per heavy atom. The fraction of sp³-hybridized carbons (Fsp3) is 0.406. The molecular formula is C32H36FN5O2S. The molecule has 41 heavy (non-hydrogen) atoms. The van der Waals surface area contributed by atoms with Crippen molar-refractivity contribution in [1.82, 2.24) is 19.4 Å². The molecule has 2 saturated heterocycles. The molecular weight excluding hydrogens is 537 g/mol. The molecule has 0 bridgehead atoms. The third kappa shape index (κ3) is 6.58. The number of hydrogen-bond donors (Lipinski definition) is 0. The van der Waals surface area contributed by atoms with Gasteiger partial charge in [0.2, 0.25) is 0 Å². The summed E-state index contributed by atoms with van der Waals surface area (Å²) < 4.78 is 16.2. The van der Waals surface area contributed by atoms with Gasteiger partial charge in [-0.25, -0.2) is 4.39 Å². The van der Waals surface area contributed by atoms with E-state index in [-0.39, 0.29) is 22.4 Å². The summed E-state index contributed by atoms with van der Waals surface area (Å²) in [4.78, 5) is 37.2. The second-order valence-corrected chi connectivity index (χ2v) is 12.1. The van der Waals surface area contributed by atoms with E-state index in [1.54, 1.807) is 12.1 Å². The van der Waals surface area contributed by atoms with Crippen molar-refractivity contribution in [2.45, 2.75) is 25.8 Å². The van der Waals surface area contributed by atoms with E-state index in [2.05, 4.69) is 43.9 Å². The molecule has 0 atom stereocenters. The van der Waals surface area contributed by atoms with Crippen molar-refractivity contribution in [2.75, 3.05) is 57.3 Å². The standard InChI is InChI=1S/C32H36FN5O2S/c33-27-6-4-25(5-7-27)31(39)26-10-14-35(15-11-26)18-21-38-29-8-3-24(22-30(29)41-32(38)40)9-13-36-16-19-37(20-17-36)28-2-1-12-34-23-28/h1-8,12,22-23,26H,9-11,13-21H2. The van der Waals surface area contributed by atoms with E-state index in [1.165, 1.54) is 34.7 Å². The Bertz CT molecular complexity index is 1520. The third-order valence-electron chi connectivity index (χ3n) is 8.56. The van der Waals surface area contributed by atoms with Crippen molar-refractivity contribution in [3.05, 3.63) is 93.6 Å². The average Bonchev–Trinajstić information content (AvgIpc) is 3.33. The number of pyridine rings is 1. The monoisotopic (exact) mass is 573 g/mol. The molecule has 2 aliphatic heterocycles. The van der Waals surface area contributed by atoms with Crippen molar-refractivity contribution < 1.29 is 9.18 Å². The number of benzene rings is 2. The zero-order valence-corrected chi connectivity index (χ0v) is 24.1. The Hall–Kier alpha value is -3.40. The maximum Gasteiger partial charge on any atom is 0.308 e. The smallest absolute Gasteiger partial charge is 0.308 e. The number of rotatable bonds is 9. The van der Waals surface area contributed by atoms with Crippen molar-refractivity contribution in [1.29, 1.82) is 0 Å². The molecule has 0 spiro atoms. The van der Waals surface area contributed by atoms with Crippen LogP contribution in [-0.4, -0.2) is 77.5 Å². The van der Waals surface area contributed by atoms with Gasteiger partial charge in [0, 0.05) is 63.5 Å². The summed E-state index contributed by atoms with van der Waals surface area (Å²) in [6.45, 7) is 8.21. The lowest BCUT2D eigenvalue weighted by Gasteiger charge is -2.35. The molecule has 0 aliphatic carbocycles. The summed E-state index contributed by atoms with van der Waals surface area (Å²) in [7, 11) is 0. The second kappa shape index (κ2) is 12.6. The Balaban J connectivity index is 0.984. The number of piperidine rings is 1. The summed E-state index contributed by atoms with van der Waals surface area (Å²) in [5, 5.41) is 0. The van der Waals surface area contributed by atoms with Crippen LogP contribution in [0.15, 0.2) is 71.8 Å². The first kappa shape index (κ1) is 27.8. The summed E-state index contributed by atoms with van der Waals surface area (Å²) in [5.41, 5.74) is 4.06. The van der Waals surface area contributed by atoms with Crippen LogP contribution in [0.5, 0.6) is 0 Å². The van der Waals surface area contributed by atoms with Gasteiger partial charge in [-0.05, 0) is 86.4 Å². The number of hydrogen-bond acceptors (Lipinski definition) is 7. The second-order valence-electron chi connectivity index (χ2n) is 11.1. The molecule has 2 aliphatic rings. The number of Topliss-reactive ketones (excluding diaryl/α,β-unsaturated/α-hetero) is 1. The number of carbonyl (C=O) groups excluding carboxylic acids is 1. The van der Waals surface area contributed by atoms with Crippen LogP contribution < -0.4 is 9.77 Å². The minimum absolute atomic E-state index is 0.0233. The summed E-state index contributed by atoms with van der Waals surface area (Å²) in [6, 6.07) is 16.4. The number of halogens is 1. The molecule has 2 aromatic heterocycles. The van der Waals surface area contributed by atoms with Crippen LogP contribution >= 0.6 is 11.3 Å². The number of nitrogens with zero attached hydrogens (tertiary/aromatic N) is 5. The number of anilines is 1. The first-order valence-electron chi connectivity index (χ1n) is 14.6. The highest BCUT2D eigenvalue weighted by Gasteiger charge is 2.26. The highest BCUT2D eigenvalue weighted by molar-refractivity contribution is 7.16. The number of carbonyl (C=O) groups is 1. The fourth-order valence-electron chi connectivity index (χ4n) is 6.05. The molecule has 2 aromatic carbocycles. The van der Waals surface area contributed by atoms with Gasteiger partial charge in [-0.2, -0.15) is 0 Å². The first-order chi connectivity index (χ1) is 20.0. The van der Waals surface area contributed by atoms with Crippen LogP contribution in [-0.2, 0) is 13.0 Å². The van der Waals surface area contributed by atoms with E-state index < -0.39 is 0 Å². The molecule has 7 nitrogen and oxygen atoms in total. The zero-order chi connectivity index (χ0) is 28.2. The minimum Gasteiger partial charge on any atom is -0.368 e. The molecule has 214 valence electrons. The summed E-state index contributed by atoms with van der Waals surface area (Å²) in [6.07, 6.45) is 6.30. The Morgan fingerprint density at radius 1 is 0.902 bits per heavy atom. The largest absolute Gasteiger partial charge is 0.368 e. The van der Waals surface area contributed by atoms with Crippen LogP contribution in [0.3, 0.4) is 0 Å². The van der Waals surface area contributed by atoms with E-state index in [0.717, 1.165) is 81.8 Å². The van der Waals surface area contributed by atoms with Gasteiger partial charge in [0.25, 0.3) is 0 Å². The predicted octanol–water partition coefficient (Wildman–Crippen LogP) is 4.56. The number of piperazine rings is 1. The maximum absolute atomic E-state index is 13.2. The van der Waals surface area contributed by atoms with Crippen molar-refractivity contribution in [2.24, 2.45) is 5.92 Å². The lowest BCUT2D eigenvalue weighted by atomic mass is 9.89. The van der Waals surface area contributed by atoms with Crippen molar-refractivity contribution in [3.63, 3.8) is 0 Å². The summed E-state index contributed by atoms with van der Waals surface area (Å²) in [5.74, 6) is -0.243.